The smallest absolute Gasteiger partial charge is 0.0897 e. The average molecular weight is 300 g/mol. The Bertz CT molecular complexity index is 261. The van der Waals surface area contributed by atoms with Crippen molar-refractivity contribution >= 4 is 0 Å². The summed E-state index contributed by atoms with van der Waals surface area (Å²) in [4.78, 5) is 2.19. The molecule has 4 nitrogen and oxygen atoms in total. The highest BCUT2D eigenvalue weighted by molar-refractivity contribution is 4.76. The summed E-state index contributed by atoms with van der Waals surface area (Å²) in [6.45, 7) is 6.58. The SMILES string of the molecule is CCC1CCCCC1OCC(O)CNC(C)CCN(C)C. The number of hydrogen-bond donors (Lipinski definition) is 2. The molecule has 1 fully saturated rings. The molecule has 0 bridgehead atoms. The van der Waals surface area contributed by atoms with Gasteiger partial charge in [0.05, 0.1) is 18.8 Å². The van der Waals surface area contributed by atoms with E-state index < -0.39 is 6.10 Å². The van der Waals surface area contributed by atoms with Crippen molar-refractivity contribution in [1.82, 2.24) is 10.2 Å². The quantitative estimate of drug-likeness (QED) is 0.649. The Morgan fingerprint density at radius 2 is 2.00 bits per heavy atom. The second-order valence-corrected chi connectivity index (χ2v) is 6.88. The topological polar surface area (TPSA) is 44.7 Å². The molecule has 4 heteroatoms. The summed E-state index contributed by atoms with van der Waals surface area (Å²) in [7, 11) is 4.17. The van der Waals surface area contributed by atoms with Gasteiger partial charge in [-0.15, -0.1) is 0 Å². The Kier molecular flexibility index (Phi) is 9.49. The zero-order valence-corrected chi connectivity index (χ0v) is 14.5. The van der Waals surface area contributed by atoms with Crippen LogP contribution >= 0.6 is 0 Å². The number of ether oxygens (including phenoxy) is 1. The lowest BCUT2D eigenvalue weighted by Crippen LogP contribution is -2.39. The van der Waals surface area contributed by atoms with Crippen LogP contribution in [0.4, 0.5) is 0 Å². The minimum Gasteiger partial charge on any atom is -0.389 e. The van der Waals surface area contributed by atoms with Crippen molar-refractivity contribution < 1.29 is 9.84 Å². The summed E-state index contributed by atoms with van der Waals surface area (Å²) in [6, 6.07) is 0.431. The van der Waals surface area contributed by atoms with Crippen molar-refractivity contribution in [3.63, 3.8) is 0 Å². The fourth-order valence-corrected chi connectivity index (χ4v) is 3.04. The molecule has 0 aromatic rings. The van der Waals surface area contributed by atoms with Gasteiger partial charge >= 0.3 is 0 Å². The lowest BCUT2D eigenvalue weighted by atomic mass is 9.85. The maximum Gasteiger partial charge on any atom is 0.0897 e. The molecule has 1 saturated carbocycles. The van der Waals surface area contributed by atoms with Crippen LogP contribution in [0.3, 0.4) is 0 Å². The first kappa shape index (κ1) is 18.9. The lowest BCUT2D eigenvalue weighted by Gasteiger charge is -2.31. The molecule has 0 heterocycles. The third kappa shape index (κ3) is 8.15. The van der Waals surface area contributed by atoms with Gasteiger partial charge in [-0.05, 0) is 52.7 Å². The molecule has 0 spiro atoms. The molecule has 0 radical (unpaired) electrons. The van der Waals surface area contributed by atoms with Crippen LogP contribution in [-0.2, 0) is 4.74 Å². The average Bonchev–Trinajstić information content (AvgIpc) is 2.49. The molecule has 126 valence electrons. The van der Waals surface area contributed by atoms with Gasteiger partial charge in [0.1, 0.15) is 0 Å². The maximum atomic E-state index is 10.1. The molecule has 0 aromatic heterocycles. The minimum absolute atomic E-state index is 0.365. The Balaban J connectivity index is 2.13. The number of aliphatic hydroxyl groups excluding tert-OH is 1. The van der Waals surface area contributed by atoms with Crippen molar-refractivity contribution in [2.45, 2.75) is 70.6 Å². The Labute approximate surface area is 131 Å². The fraction of sp³-hybridized carbons (Fsp3) is 1.00. The first-order chi connectivity index (χ1) is 10.0. The molecule has 1 aliphatic carbocycles. The van der Waals surface area contributed by atoms with E-state index in [1.54, 1.807) is 0 Å². The number of aliphatic hydroxyl groups is 1. The summed E-state index contributed by atoms with van der Waals surface area (Å²) < 4.78 is 5.98. The molecule has 4 atom stereocenters. The first-order valence-electron chi connectivity index (χ1n) is 8.70. The van der Waals surface area contributed by atoms with Crippen LogP contribution in [0.15, 0.2) is 0 Å². The molecule has 21 heavy (non-hydrogen) atoms. The van der Waals surface area contributed by atoms with Crippen LogP contribution in [0.25, 0.3) is 0 Å². The van der Waals surface area contributed by atoms with Gasteiger partial charge in [0.15, 0.2) is 0 Å². The van der Waals surface area contributed by atoms with Gasteiger partial charge in [-0.25, -0.2) is 0 Å². The van der Waals surface area contributed by atoms with Crippen LogP contribution in [0, 0.1) is 5.92 Å². The molecule has 0 saturated heterocycles. The van der Waals surface area contributed by atoms with Crippen molar-refractivity contribution in [2.24, 2.45) is 5.92 Å². The van der Waals surface area contributed by atoms with E-state index in [4.69, 9.17) is 4.74 Å². The fourth-order valence-electron chi connectivity index (χ4n) is 3.04. The molecular weight excluding hydrogens is 264 g/mol. The van der Waals surface area contributed by atoms with Crippen LogP contribution in [0.1, 0.15) is 52.4 Å². The van der Waals surface area contributed by atoms with Crippen molar-refractivity contribution in [3.8, 4) is 0 Å². The summed E-state index contributed by atoms with van der Waals surface area (Å²) in [5, 5.41) is 13.5. The summed E-state index contributed by atoms with van der Waals surface area (Å²) in [6.07, 6.45) is 7.33. The highest BCUT2D eigenvalue weighted by Gasteiger charge is 2.24. The summed E-state index contributed by atoms with van der Waals surface area (Å²) in [5.74, 6) is 0.693. The van der Waals surface area contributed by atoms with E-state index in [1.165, 1.54) is 25.7 Å². The minimum atomic E-state index is -0.397. The van der Waals surface area contributed by atoms with Crippen LogP contribution in [0.5, 0.6) is 0 Å². The highest BCUT2D eigenvalue weighted by Crippen LogP contribution is 2.29. The van der Waals surface area contributed by atoms with E-state index >= 15 is 0 Å². The van der Waals surface area contributed by atoms with Crippen molar-refractivity contribution in [3.05, 3.63) is 0 Å². The summed E-state index contributed by atoms with van der Waals surface area (Å²) in [5.41, 5.74) is 0. The van der Waals surface area contributed by atoms with Crippen LogP contribution in [-0.4, -0.2) is 62.0 Å². The Hall–Kier alpha value is -0.160. The maximum absolute atomic E-state index is 10.1. The molecule has 1 aliphatic rings. The molecule has 0 amide bonds. The van der Waals surface area contributed by atoms with E-state index in [9.17, 15) is 5.11 Å². The van der Waals surface area contributed by atoms with Crippen molar-refractivity contribution in [2.75, 3.05) is 33.8 Å². The number of rotatable bonds is 10. The third-order valence-corrected chi connectivity index (χ3v) is 4.58. The summed E-state index contributed by atoms with van der Waals surface area (Å²) >= 11 is 0. The Morgan fingerprint density at radius 3 is 2.67 bits per heavy atom. The van der Waals surface area contributed by atoms with Gasteiger partial charge in [-0.2, -0.15) is 0 Å². The molecule has 1 rings (SSSR count). The van der Waals surface area contributed by atoms with Crippen molar-refractivity contribution in [1.29, 1.82) is 0 Å². The van der Waals surface area contributed by atoms with E-state index in [1.807, 2.05) is 0 Å². The van der Waals surface area contributed by atoms with E-state index in [-0.39, 0.29) is 0 Å². The van der Waals surface area contributed by atoms with E-state index in [0.29, 0.717) is 31.2 Å². The largest absolute Gasteiger partial charge is 0.389 e. The predicted octanol–water partition coefficient (Wildman–Crippen LogP) is 2.26. The lowest BCUT2D eigenvalue weighted by molar-refractivity contribution is -0.0503. The van der Waals surface area contributed by atoms with Gasteiger partial charge in [-0.1, -0.05) is 26.2 Å². The number of nitrogens with one attached hydrogen (secondary N) is 1. The molecule has 0 aliphatic heterocycles. The van der Waals surface area contributed by atoms with Gasteiger partial charge in [0, 0.05) is 12.6 Å². The van der Waals surface area contributed by atoms with Crippen LogP contribution < -0.4 is 5.32 Å². The van der Waals surface area contributed by atoms with Crippen LogP contribution in [0.2, 0.25) is 0 Å². The predicted molar refractivity (Wildman–Crippen MR) is 88.6 cm³/mol. The number of hydrogen-bond acceptors (Lipinski definition) is 4. The zero-order chi connectivity index (χ0) is 15.7. The molecular formula is C17H36N2O2. The van der Waals surface area contributed by atoms with Gasteiger partial charge in [0.25, 0.3) is 0 Å². The highest BCUT2D eigenvalue weighted by atomic mass is 16.5. The van der Waals surface area contributed by atoms with Gasteiger partial charge in [0.2, 0.25) is 0 Å². The molecule has 0 aromatic carbocycles. The molecule has 4 unspecified atom stereocenters. The first-order valence-corrected chi connectivity index (χ1v) is 8.70. The van der Waals surface area contributed by atoms with E-state index in [0.717, 1.165) is 19.4 Å². The third-order valence-electron chi connectivity index (χ3n) is 4.58. The number of nitrogens with zero attached hydrogens (tertiary/aromatic N) is 1. The second-order valence-electron chi connectivity index (χ2n) is 6.88. The zero-order valence-electron chi connectivity index (χ0n) is 14.5. The normalized spacial score (nSPS) is 26.0. The monoisotopic (exact) mass is 300 g/mol. The van der Waals surface area contributed by atoms with E-state index in [2.05, 4.69) is 38.2 Å². The second kappa shape index (κ2) is 10.5. The van der Waals surface area contributed by atoms with Gasteiger partial charge in [-0.3, -0.25) is 0 Å². The standard InChI is InChI=1S/C17H36N2O2/c1-5-15-8-6-7-9-17(15)21-13-16(20)12-18-14(2)10-11-19(3)4/h14-18,20H,5-13H2,1-4H3. The Morgan fingerprint density at radius 1 is 1.29 bits per heavy atom. The van der Waals surface area contributed by atoms with Gasteiger partial charge < -0.3 is 20.1 Å². The molecule has 2 N–H and O–H groups in total.